The van der Waals surface area contributed by atoms with Crippen molar-refractivity contribution in [3.63, 3.8) is 0 Å². The Morgan fingerprint density at radius 1 is 1.03 bits per heavy atom. The SMILES string of the molecule is COC(=O)C1CCCCC1C(=O)c1cc(Cl)c(OCC23CC4CC(CC(C4)C2)C3)cc1F. The zero-order valence-corrected chi connectivity index (χ0v) is 19.5. The predicted octanol–water partition coefficient (Wildman–Crippen LogP) is 6.24. The Morgan fingerprint density at radius 3 is 2.22 bits per heavy atom. The number of ether oxygens (including phenoxy) is 2. The van der Waals surface area contributed by atoms with Gasteiger partial charge in [-0.2, -0.15) is 0 Å². The highest BCUT2D eigenvalue weighted by atomic mass is 35.5. The van der Waals surface area contributed by atoms with Crippen molar-refractivity contribution in [2.45, 2.75) is 64.2 Å². The van der Waals surface area contributed by atoms with Crippen LogP contribution in [0.2, 0.25) is 5.02 Å². The summed E-state index contributed by atoms with van der Waals surface area (Å²) in [6, 6.07) is 2.64. The summed E-state index contributed by atoms with van der Waals surface area (Å²) in [6.45, 7) is 0.565. The monoisotopic (exact) mass is 462 g/mol. The van der Waals surface area contributed by atoms with Crippen molar-refractivity contribution in [1.82, 2.24) is 0 Å². The summed E-state index contributed by atoms with van der Waals surface area (Å²) in [7, 11) is 1.33. The van der Waals surface area contributed by atoms with E-state index in [0.717, 1.165) is 30.6 Å². The molecule has 2 atom stereocenters. The van der Waals surface area contributed by atoms with Gasteiger partial charge in [0.2, 0.25) is 0 Å². The third-order valence-electron chi connectivity index (χ3n) is 8.59. The van der Waals surface area contributed by atoms with E-state index in [0.29, 0.717) is 25.2 Å². The number of benzene rings is 1. The van der Waals surface area contributed by atoms with E-state index < -0.39 is 23.6 Å². The number of esters is 1. The van der Waals surface area contributed by atoms with Crippen molar-refractivity contribution in [2.24, 2.45) is 35.0 Å². The first-order valence-corrected chi connectivity index (χ1v) is 12.5. The van der Waals surface area contributed by atoms with Gasteiger partial charge in [0.25, 0.3) is 0 Å². The van der Waals surface area contributed by atoms with E-state index in [9.17, 15) is 9.59 Å². The Kier molecular flexibility index (Phi) is 5.98. The Balaban J connectivity index is 1.31. The Bertz CT molecular complexity index is 878. The third kappa shape index (κ3) is 4.06. The lowest BCUT2D eigenvalue weighted by Gasteiger charge is -2.56. The van der Waals surface area contributed by atoms with E-state index in [1.54, 1.807) is 0 Å². The lowest BCUT2D eigenvalue weighted by Crippen LogP contribution is -2.48. The number of ketones is 1. The van der Waals surface area contributed by atoms with Crippen LogP contribution in [-0.2, 0) is 9.53 Å². The highest BCUT2D eigenvalue weighted by molar-refractivity contribution is 6.32. The van der Waals surface area contributed by atoms with Crippen LogP contribution >= 0.6 is 11.6 Å². The molecule has 4 bridgehead atoms. The Morgan fingerprint density at radius 2 is 1.62 bits per heavy atom. The van der Waals surface area contributed by atoms with E-state index in [-0.39, 0.29) is 21.8 Å². The van der Waals surface area contributed by atoms with Gasteiger partial charge in [-0.3, -0.25) is 9.59 Å². The van der Waals surface area contributed by atoms with E-state index >= 15 is 4.39 Å². The highest BCUT2D eigenvalue weighted by Crippen LogP contribution is 2.60. The number of carbonyl (C=O) groups is 2. The lowest BCUT2D eigenvalue weighted by molar-refractivity contribution is -0.147. The van der Waals surface area contributed by atoms with Crippen LogP contribution in [0.3, 0.4) is 0 Å². The Labute approximate surface area is 194 Å². The summed E-state index contributed by atoms with van der Waals surface area (Å²) in [6.07, 6.45) is 10.5. The first-order chi connectivity index (χ1) is 15.4. The minimum atomic E-state index is -0.630. The molecule has 5 fully saturated rings. The van der Waals surface area contributed by atoms with Gasteiger partial charge >= 0.3 is 5.97 Å². The maximum absolute atomic E-state index is 15.1. The molecule has 0 aromatic heterocycles. The minimum absolute atomic E-state index is 0.0574. The smallest absolute Gasteiger partial charge is 0.309 e. The van der Waals surface area contributed by atoms with Gasteiger partial charge in [-0.15, -0.1) is 0 Å². The zero-order valence-electron chi connectivity index (χ0n) is 18.7. The van der Waals surface area contributed by atoms with Gasteiger partial charge in [-0.05, 0) is 75.2 Å². The summed E-state index contributed by atoms with van der Waals surface area (Å²) in [5, 5.41) is 0.255. The number of rotatable bonds is 6. The number of Topliss-reactive ketones (excluding diaryl/α,β-unsaturated/α-hetero) is 1. The molecule has 0 spiro atoms. The quantitative estimate of drug-likeness (QED) is 0.371. The molecular formula is C26H32ClFO4. The van der Waals surface area contributed by atoms with Crippen molar-refractivity contribution in [2.75, 3.05) is 13.7 Å². The van der Waals surface area contributed by atoms with Gasteiger partial charge in [0.15, 0.2) is 5.78 Å². The molecule has 32 heavy (non-hydrogen) atoms. The number of hydrogen-bond donors (Lipinski definition) is 0. The average molecular weight is 463 g/mol. The topological polar surface area (TPSA) is 52.6 Å². The minimum Gasteiger partial charge on any atom is -0.491 e. The molecule has 6 heteroatoms. The van der Waals surface area contributed by atoms with Crippen molar-refractivity contribution in [3.05, 3.63) is 28.5 Å². The Hall–Kier alpha value is -1.62. The van der Waals surface area contributed by atoms with Crippen LogP contribution in [0.15, 0.2) is 12.1 Å². The first kappa shape index (κ1) is 22.2. The fourth-order valence-electron chi connectivity index (χ4n) is 7.60. The van der Waals surface area contributed by atoms with Gasteiger partial charge in [-0.1, -0.05) is 24.4 Å². The molecule has 0 radical (unpaired) electrons. The molecule has 5 saturated carbocycles. The fraction of sp³-hybridized carbons (Fsp3) is 0.692. The molecule has 0 saturated heterocycles. The van der Waals surface area contributed by atoms with Crippen LogP contribution in [-0.4, -0.2) is 25.5 Å². The van der Waals surface area contributed by atoms with Crippen molar-refractivity contribution < 1.29 is 23.5 Å². The largest absolute Gasteiger partial charge is 0.491 e. The van der Waals surface area contributed by atoms with Gasteiger partial charge in [0.05, 0.1) is 30.2 Å². The summed E-state index contributed by atoms with van der Waals surface area (Å²) in [5.41, 5.74) is 0.136. The van der Waals surface area contributed by atoms with Crippen LogP contribution < -0.4 is 4.74 Å². The van der Waals surface area contributed by atoms with Crippen LogP contribution in [0.4, 0.5) is 4.39 Å². The predicted molar refractivity (Wildman–Crippen MR) is 119 cm³/mol. The van der Waals surface area contributed by atoms with E-state index in [2.05, 4.69) is 0 Å². The summed E-state index contributed by atoms with van der Waals surface area (Å²) in [5.74, 6) is 0.267. The molecule has 5 aliphatic carbocycles. The summed E-state index contributed by atoms with van der Waals surface area (Å²) >= 11 is 6.46. The van der Waals surface area contributed by atoms with Crippen LogP contribution in [0.5, 0.6) is 5.75 Å². The van der Waals surface area contributed by atoms with Gasteiger partial charge < -0.3 is 9.47 Å². The summed E-state index contributed by atoms with van der Waals surface area (Å²) in [4.78, 5) is 25.3. The molecule has 174 valence electrons. The molecule has 6 rings (SSSR count). The van der Waals surface area contributed by atoms with E-state index in [1.165, 1.54) is 57.8 Å². The third-order valence-corrected chi connectivity index (χ3v) is 8.89. The van der Waals surface area contributed by atoms with Crippen LogP contribution in [0.1, 0.15) is 74.6 Å². The van der Waals surface area contributed by atoms with Crippen molar-refractivity contribution in [3.8, 4) is 5.75 Å². The van der Waals surface area contributed by atoms with Gasteiger partial charge in [0.1, 0.15) is 11.6 Å². The molecule has 0 N–H and O–H groups in total. The second-order valence-electron chi connectivity index (χ2n) is 10.9. The molecule has 2 unspecified atom stereocenters. The van der Waals surface area contributed by atoms with Gasteiger partial charge in [0, 0.05) is 17.4 Å². The molecule has 4 nitrogen and oxygen atoms in total. The molecule has 1 aromatic carbocycles. The molecule has 0 amide bonds. The highest BCUT2D eigenvalue weighted by Gasteiger charge is 2.51. The van der Waals surface area contributed by atoms with Crippen LogP contribution in [0, 0.1) is 40.8 Å². The standard InChI is InChI=1S/C26H32ClFO4/c1-31-25(30)19-5-3-2-4-18(19)24(29)20-9-21(27)23(10-22(20)28)32-14-26-11-15-6-16(12-26)8-17(7-15)13-26/h9-10,15-19H,2-8,11-14H2,1H3. The number of hydrogen-bond acceptors (Lipinski definition) is 4. The maximum Gasteiger partial charge on any atom is 0.309 e. The molecule has 0 aliphatic heterocycles. The van der Waals surface area contributed by atoms with Crippen molar-refractivity contribution in [1.29, 1.82) is 0 Å². The fourth-order valence-corrected chi connectivity index (χ4v) is 7.82. The zero-order chi connectivity index (χ0) is 22.5. The van der Waals surface area contributed by atoms with Crippen molar-refractivity contribution >= 4 is 23.4 Å². The second-order valence-corrected chi connectivity index (χ2v) is 11.3. The maximum atomic E-state index is 15.1. The van der Waals surface area contributed by atoms with Gasteiger partial charge in [-0.25, -0.2) is 4.39 Å². The molecule has 0 heterocycles. The molecule has 1 aromatic rings. The first-order valence-electron chi connectivity index (χ1n) is 12.1. The number of carbonyl (C=O) groups excluding carboxylic acids is 2. The lowest BCUT2D eigenvalue weighted by atomic mass is 9.50. The molecular weight excluding hydrogens is 431 g/mol. The number of halogens is 2. The summed E-state index contributed by atoms with van der Waals surface area (Å²) < 4.78 is 26.0. The second kappa shape index (κ2) is 8.62. The number of methoxy groups -OCH3 is 1. The normalized spacial score (nSPS) is 35.5. The van der Waals surface area contributed by atoms with E-state index in [4.69, 9.17) is 21.1 Å². The van der Waals surface area contributed by atoms with Crippen LogP contribution in [0.25, 0.3) is 0 Å². The molecule has 5 aliphatic rings. The average Bonchev–Trinajstić information content (AvgIpc) is 2.77. The van der Waals surface area contributed by atoms with E-state index in [1.807, 2.05) is 0 Å².